The van der Waals surface area contributed by atoms with Gasteiger partial charge in [-0.05, 0) is 26.3 Å². The van der Waals surface area contributed by atoms with Crippen molar-refractivity contribution in [2.45, 2.75) is 32.9 Å². The lowest BCUT2D eigenvalue weighted by molar-refractivity contribution is 0.0234. The summed E-state index contributed by atoms with van der Waals surface area (Å²) in [6, 6.07) is 11.9. The zero-order valence-corrected chi connectivity index (χ0v) is 16.2. The molecule has 27 heavy (non-hydrogen) atoms. The Morgan fingerprint density at radius 1 is 1.19 bits per heavy atom. The van der Waals surface area contributed by atoms with Crippen LogP contribution >= 0.6 is 0 Å². The van der Waals surface area contributed by atoms with Crippen LogP contribution in [0.15, 0.2) is 42.6 Å². The average molecular weight is 370 g/mol. The van der Waals surface area contributed by atoms with Crippen LogP contribution in [-0.4, -0.2) is 47.8 Å². The molecule has 0 saturated carbocycles. The first-order chi connectivity index (χ1) is 12.9. The van der Waals surface area contributed by atoms with Gasteiger partial charge in [0, 0.05) is 31.9 Å². The third-order valence-corrected chi connectivity index (χ3v) is 4.46. The maximum absolute atomic E-state index is 13.1. The second-order valence-corrected chi connectivity index (χ2v) is 7.72. The second-order valence-electron chi connectivity index (χ2n) is 7.72. The lowest BCUT2D eigenvalue weighted by Gasteiger charge is -2.37. The highest BCUT2D eigenvalue weighted by molar-refractivity contribution is 5.82. The van der Waals surface area contributed by atoms with Gasteiger partial charge in [0.2, 0.25) is 11.8 Å². The number of rotatable bonds is 4. The predicted octanol–water partition coefficient (Wildman–Crippen LogP) is 2.93. The van der Waals surface area contributed by atoms with Crippen LogP contribution in [0.5, 0.6) is 0 Å². The maximum Gasteiger partial charge on any atom is 0.523 e. The monoisotopic (exact) mass is 370 g/mol. The number of hydrogen-bond donors (Lipinski definition) is 2. The number of quaternary nitrogens is 1. The van der Waals surface area contributed by atoms with Crippen molar-refractivity contribution in [3.8, 4) is 0 Å². The van der Waals surface area contributed by atoms with Crippen LogP contribution < -0.4 is 15.1 Å². The van der Waals surface area contributed by atoms with E-state index in [1.54, 1.807) is 6.20 Å². The van der Waals surface area contributed by atoms with E-state index in [1.807, 2.05) is 57.2 Å². The largest absolute Gasteiger partial charge is 0.523 e. The Hall–Kier alpha value is -2.51. The standard InChI is InChI=1S/C20H28N5O2/c1-20(2,3)27-19(26)25(13-11-21-12-14-25)17-9-10-22-18(24-17)23-15-16-7-5-4-6-8-16/h4-10,21H,11-15H2,1-3H3,(H,22,23,24)/q+1. The number of hydrogen-bond acceptors (Lipinski definition) is 6. The molecule has 1 aliphatic rings. The quantitative estimate of drug-likeness (QED) is 0.806. The molecule has 2 N–H and O–H groups in total. The van der Waals surface area contributed by atoms with E-state index < -0.39 is 5.60 Å². The summed E-state index contributed by atoms with van der Waals surface area (Å²) in [6.07, 6.45) is 1.43. The van der Waals surface area contributed by atoms with Crippen molar-refractivity contribution in [1.29, 1.82) is 0 Å². The summed E-state index contributed by atoms with van der Waals surface area (Å²) < 4.78 is 5.81. The van der Waals surface area contributed by atoms with Gasteiger partial charge in [0.15, 0.2) is 0 Å². The van der Waals surface area contributed by atoms with E-state index in [1.165, 1.54) is 0 Å². The maximum atomic E-state index is 13.1. The van der Waals surface area contributed by atoms with Crippen molar-refractivity contribution in [2.24, 2.45) is 0 Å². The number of aromatic nitrogens is 2. The predicted molar refractivity (Wildman–Crippen MR) is 106 cm³/mol. The second kappa shape index (κ2) is 8.02. The van der Waals surface area contributed by atoms with E-state index in [4.69, 9.17) is 4.74 Å². The van der Waals surface area contributed by atoms with Gasteiger partial charge in [0.25, 0.3) is 0 Å². The number of amides is 1. The Morgan fingerprint density at radius 3 is 2.56 bits per heavy atom. The smallest absolute Gasteiger partial charge is 0.414 e. The van der Waals surface area contributed by atoms with Gasteiger partial charge in [-0.3, -0.25) is 0 Å². The third kappa shape index (κ3) is 4.81. The first kappa shape index (κ1) is 19.3. The van der Waals surface area contributed by atoms with Crippen LogP contribution in [0.1, 0.15) is 26.3 Å². The van der Waals surface area contributed by atoms with Gasteiger partial charge < -0.3 is 15.4 Å². The number of ether oxygens (including phenoxy) is 1. The van der Waals surface area contributed by atoms with Gasteiger partial charge in [-0.1, -0.05) is 30.3 Å². The van der Waals surface area contributed by atoms with Crippen molar-refractivity contribution >= 4 is 17.9 Å². The fraction of sp³-hybridized carbons (Fsp3) is 0.450. The van der Waals surface area contributed by atoms with Crippen LogP contribution in [0.2, 0.25) is 0 Å². The summed E-state index contributed by atoms with van der Waals surface area (Å²) in [4.78, 5) is 22.0. The minimum Gasteiger partial charge on any atom is -0.414 e. The summed E-state index contributed by atoms with van der Waals surface area (Å²) in [6.45, 7) is 8.95. The fourth-order valence-electron chi connectivity index (χ4n) is 3.08. The molecule has 0 bridgehead atoms. The first-order valence-electron chi connectivity index (χ1n) is 9.32. The molecule has 0 atom stereocenters. The Morgan fingerprint density at radius 2 is 1.89 bits per heavy atom. The van der Waals surface area contributed by atoms with Gasteiger partial charge in [0.05, 0.1) is 0 Å². The molecule has 1 amide bonds. The molecule has 0 unspecified atom stereocenters. The molecular formula is C20H28N5O2+. The van der Waals surface area contributed by atoms with Gasteiger partial charge in [-0.15, -0.1) is 0 Å². The Kier molecular flexibility index (Phi) is 5.72. The molecule has 7 nitrogen and oxygen atoms in total. The molecule has 3 rings (SSSR count). The molecule has 1 saturated heterocycles. The Bertz CT molecular complexity index is 767. The molecule has 144 valence electrons. The normalized spacial score (nSPS) is 16.6. The van der Waals surface area contributed by atoms with Gasteiger partial charge >= 0.3 is 6.09 Å². The topological polar surface area (TPSA) is 76.1 Å². The number of piperazine rings is 1. The highest BCUT2D eigenvalue weighted by atomic mass is 16.6. The van der Waals surface area contributed by atoms with Crippen LogP contribution in [0.4, 0.5) is 16.6 Å². The summed E-state index contributed by atoms with van der Waals surface area (Å²) in [5, 5.41) is 6.55. The third-order valence-electron chi connectivity index (χ3n) is 4.46. The van der Waals surface area contributed by atoms with Gasteiger partial charge in [-0.25, -0.2) is 4.98 Å². The molecule has 0 aliphatic carbocycles. The molecule has 1 aromatic carbocycles. The van der Waals surface area contributed by atoms with Crippen LogP contribution in [0.3, 0.4) is 0 Å². The lowest BCUT2D eigenvalue weighted by atomic mass is 10.2. The average Bonchev–Trinajstić information content (AvgIpc) is 2.66. The Labute approximate surface area is 160 Å². The highest BCUT2D eigenvalue weighted by Gasteiger charge is 2.45. The number of nitrogens with one attached hydrogen (secondary N) is 2. The minimum absolute atomic E-state index is 0.0762. The first-order valence-corrected chi connectivity index (χ1v) is 9.32. The molecule has 2 aromatic rings. The van der Waals surface area contributed by atoms with E-state index in [9.17, 15) is 4.79 Å². The van der Waals surface area contributed by atoms with Crippen molar-refractivity contribution in [3.63, 3.8) is 0 Å². The SMILES string of the molecule is CC(C)(C)OC(=O)[N+]1(c2ccnc(NCc3ccccc3)n2)CCNCC1. The summed E-state index contributed by atoms with van der Waals surface area (Å²) in [5.41, 5.74) is 0.596. The molecule has 0 radical (unpaired) electrons. The highest BCUT2D eigenvalue weighted by Crippen LogP contribution is 2.26. The van der Waals surface area contributed by atoms with Gasteiger partial charge in [0.1, 0.15) is 18.7 Å². The summed E-state index contributed by atoms with van der Waals surface area (Å²) in [5.74, 6) is 1.17. The molecular weight excluding hydrogens is 342 g/mol. The van der Waals surface area contributed by atoms with Crippen molar-refractivity contribution in [3.05, 3.63) is 48.2 Å². The van der Waals surface area contributed by atoms with Crippen LogP contribution in [-0.2, 0) is 11.3 Å². The zero-order valence-electron chi connectivity index (χ0n) is 16.2. The number of benzene rings is 1. The molecule has 0 spiro atoms. The molecule has 1 aliphatic heterocycles. The summed E-state index contributed by atoms with van der Waals surface area (Å²) >= 11 is 0. The number of anilines is 1. The zero-order chi connectivity index (χ0) is 19.3. The summed E-state index contributed by atoms with van der Waals surface area (Å²) in [7, 11) is 0. The van der Waals surface area contributed by atoms with E-state index in [0.29, 0.717) is 31.4 Å². The number of carbonyl (C=O) groups is 1. The number of carbonyl (C=O) groups excluding carboxylic acids is 1. The van der Waals surface area contributed by atoms with Crippen molar-refractivity contribution in [2.75, 3.05) is 31.5 Å². The van der Waals surface area contributed by atoms with Gasteiger partial charge in [-0.2, -0.15) is 14.3 Å². The fourth-order valence-corrected chi connectivity index (χ4v) is 3.08. The lowest BCUT2D eigenvalue weighted by Crippen LogP contribution is -2.64. The van der Waals surface area contributed by atoms with Crippen LogP contribution in [0, 0.1) is 0 Å². The van der Waals surface area contributed by atoms with E-state index in [2.05, 4.69) is 20.6 Å². The van der Waals surface area contributed by atoms with Crippen molar-refractivity contribution < 1.29 is 9.53 Å². The molecule has 7 heteroatoms. The molecule has 1 aromatic heterocycles. The molecule has 2 heterocycles. The van der Waals surface area contributed by atoms with E-state index in [0.717, 1.165) is 18.7 Å². The van der Waals surface area contributed by atoms with E-state index in [-0.39, 0.29) is 10.6 Å². The minimum atomic E-state index is -0.547. The van der Waals surface area contributed by atoms with Crippen molar-refractivity contribution in [1.82, 2.24) is 19.8 Å². The van der Waals surface area contributed by atoms with Crippen LogP contribution in [0.25, 0.3) is 0 Å². The molecule has 1 fully saturated rings. The Balaban J connectivity index is 1.83. The number of nitrogens with zero attached hydrogens (tertiary/aromatic N) is 3. The van der Waals surface area contributed by atoms with E-state index >= 15 is 0 Å².